The number of hydrogen-bond acceptors (Lipinski definition) is 4. The van der Waals surface area contributed by atoms with Gasteiger partial charge < -0.3 is 10.5 Å². The van der Waals surface area contributed by atoms with E-state index >= 15 is 0 Å². The smallest absolute Gasteiger partial charge is 0.341 e. The average Bonchev–Trinajstić information content (AvgIpc) is 2.88. The number of rotatable bonds is 4. The monoisotopic (exact) mass is 297 g/mol. The summed E-state index contributed by atoms with van der Waals surface area (Å²) in [5, 5.41) is 0. The van der Waals surface area contributed by atoms with E-state index in [2.05, 4.69) is 0 Å². The van der Waals surface area contributed by atoms with Crippen LogP contribution in [0.1, 0.15) is 27.0 Å². The third-order valence-electron chi connectivity index (χ3n) is 2.72. The molecule has 0 aliphatic carbocycles. The van der Waals surface area contributed by atoms with Gasteiger partial charge in [-0.1, -0.05) is 6.92 Å². The molecule has 0 saturated carbocycles. The van der Waals surface area contributed by atoms with Gasteiger partial charge in [0.1, 0.15) is 18.2 Å². The quantitative estimate of drug-likeness (QED) is 0.694. The van der Waals surface area contributed by atoms with Gasteiger partial charge in [-0.2, -0.15) is 0 Å². The summed E-state index contributed by atoms with van der Waals surface area (Å²) >= 11 is 1.51. The highest BCUT2D eigenvalue weighted by molar-refractivity contribution is 7.11. The number of thiophene rings is 1. The lowest BCUT2D eigenvalue weighted by molar-refractivity contribution is 0.0471. The summed E-state index contributed by atoms with van der Waals surface area (Å²) in [4.78, 5) is 13.7. The molecule has 0 saturated heterocycles. The predicted octanol–water partition coefficient (Wildman–Crippen LogP) is 3.53. The second-order valence-electron chi connectivity index (χ2n) is 4.15. The molecule has 0 fully saturated rings. The van der Waals surface area contributed by atoms with Gasteiger partial charge in [0.05, 0.1) is 11.3 Å². The molecule has 106 valence electrons. The second kappa shape index (κ2) is 6.00. The standard InChI is InChI=1S/C14H13F2NO2S/c1-2-8-3-4-9(20-8)7-19-14(18)10-5-12(16)13(17)6-11(10)15/h3-6H,2,7,17H2,1H3. The van der Waals surface area contributed by atoms with Crippen LogP contribution in [0.4, 0.5) is 14.5 Å². The van der Waals surface area contributed by atoms with Crippen LogP contribution >= 0.6 is 11.3 Å². The molecule has 0 radical (unpaired) electrons. The van der Waals surface area contributed by atoms with Gasteiger partial charge in [0.15, 0.2) is 0 Å². The normalized spacial score (nSPS) is 10.6. The van der Waals surface area contributed by atoms with Crippen molar-refractivity contribution in [1.82, 2.24) is 0 Å². The molecule has 0 atom stereocenters. The van der Waals surface area contributed by atoms with Gasteiger partial charge in [-0.05, 0) is 24.6 Å². The van der Waals surface area contributed by atoms with Gasteiger partial charge in [-0.15, -0.1) is 11.3 Å². The van der Waals surface area contributed by atoms with Crippen LogP contribution in [0.25, 0.3) is 0 Å². The Bertz CT molecular complexity index is 640. The van der Waals surface area contributed by atoms with Gasteiger partial charge in [0.25, 0.3) is 0 Å². The summed E-state index contributed by atoms with van der Waals surface area (Å²) in [6, 6.07) is 5.30. The highest BCUT2D eigenvalue weighted by Crippen LogP contribution is 2.20. The topological polar surface area (TPSA) is 52.3 Å². The first-order valence-electron chi connectivity index (χ1n) is 6.00. The lowest BCUT2D eigenvalue weighted by Crippen LogP contribution is -2.08. The number of benzene rings is 1. The molecule has 2 aromatic rings. The number of carbonyl (C=O) groups excluding carboxylic acids is 1. The van der Waals surface area contributed by atoms with E-state index in [1.54, 1.807) is 0 Å². The van der Waals surface area contributed by atoms with Crippen molar-refractivity contribution in [2.45, 2.75) is 20.0 Å². The highest BCUT2D eigenvalue weighted by atomic mass is 32.1. The Morgan fingerprint density at radius 2 is 1.95 bits per heavy atom. The number of nitrogen functional groups attached to an aromatic ring is 1. The summed E-state index contributed by atoms with van der Waals surface area (Å²) in [7, 11) is 0. The van der Waals surface area contributed by atoms with E-state index in [9.17, 15) is 13.6 Å². The molecule has 0 unspecified atom stereocenters. The minimum absolute atomic E-state index is 0.0366. The van der Waals surface area contributed by atoms with Gasteiger partial charge in [0.2, 0.25) is 0 Å². The molecule has 0 aliphatic heterocycles. The Hall–Kier alpha value is -1.95. The van der Waals surface area contributed by atoms with E-state index in [-0.39, 0.29) is 12.3 Å². The first kappa shape index (κ1) is 14.5. The summed E-state index contributed by atoms with van der Waals surface area (Å²) in [5.41, 5.74) is 4.41. The van der Waals surface area contributed by atoms with Crippen LogP contribution in [-0.4, -0.2) is 5.97 Å². The Balaban J connectivity index is 2.07. The van der Waals surface area contributed by atoms with E-state index in [4.69, 9.17) is 10.5 Å². The molecular weight excluding hydrogens is 284 g/mol. The minimum Gasteiger partial charge on any atom is -0.456 e. The number of ether oxygens (including phenoxy) is 1. The Labute approximate surface area is 119 Å². The third kappa shape index (κ3) is 3.14. The van der Waals surface area contributed by atoms with Gasteiger partial charge in [-0.3, -0.25) is 0 Å². The fourth-order valence-electron chi connectivity index (χ4n) is 1.62. The van der Waals surface area contributed by atoms with Gasteiger partial charge in [-0.25, -0.2) is 13.6 Å². The number of halogens is 2. The SMILES string of the molecule is CCc1ccc(COC(=O)c2cc(F)c(N)cc2F)s1. The fraction of sp³-hybridized carbons (Fsp3) is 0.214. The molecule has 1 aromatic carbocycles. The second-order valence-corrected chi connectivity index (χ2v) is 5.40. The molecule has 1 heterocycles. The summed E-state index contributed by atoms with van der Waals surface area (Å²) in [6.07, 6.45) is 0.899. The Kier molecular flexibility index (Phi) is 4.34. The van der Waals surface area contributed by atoms with Crippen LogP contribution in [0.5, 0.6) is 0 Å². The predicted molar refractivity (Wildman–Crippen MR) is 73.6 cm³/mol. The number of esters is 1. The van der Waals surface area contributed by atoms with Crippen LogP contribution in [-0.2, 0) is 17.8 Å². The number of nitrogens with two attached hydrogens (primary N) is 1. The van der Waals surface area contributed by atoms with Crippen LogP contribution in [0.2, 0.25) is 0 Å². The summed E-state index contributed by atoms with van der Waals surface area (Å²) in [5.74, 6) is -2.65. The zero-order chi connectivity index (χ0) is 14.7. The van der Waals surface area contributed by atoms with Crippen LogP contribution in [0.3, 0.4) is 0 Å². The molecule has 2 N–H and O–H groups in total. The third-order valence-corrected chi connectivity index (χ3v) is 3.92. The largest absolute Gasteiger partial charge is 0.456 e. The molecule has 20 heavy (non-hydrogen) atoms. The van der Waals surface area contributed by atoms with Crippen molar-refractivity contribution in [3.05, 3.63) is 51.2 Å². The van der Waals surface area contributed by atoms with Crippen molar-refractivity contribution in [1.29, 1.82) is 0 Å². The first-order chi connectivity index (χ1) is 9.51. The molecule has 0 bridgehead atoms. The summed E-state index contributed by atoms with van der Waals surface area (Å²) in [6.45, 7) is 2.06. The van der Waals surface area contributed by atoms with Crippen molar-refractivity contribution in [2.24, 2.45) is 0 Å². The van der Waals surface area contributed by atoms with Crippen molar-refractivity contribution in [3.8, 4) is 0 Å². The van der Waals surface area contributed by atoms with Gasteiger partial charge >= 0.3 is 5.97 Å². The maximum atomic E-state index is 13.5. The lowest BCUT2D eigenvalue weighted by atomic mass is 10.2. The number of hydrogen-bond donors (Lipinski definition) is 1. The van der Waals surface area contributed by atoms with Crippen molar-refractivity contribution in [3.63, 3.8) is 0 Å². The molecular formula is C14H13F2NO2S. The first-order valence-corrected chi connectivity index (χ1v) is 6.82. The van der Waals surface area contributed by atoms with E-state index < -0.39 is 23.2 Å². The maximum Gasteiger partial charge on any atom is 0.341 e. The van der Waals surface area contributed by atoms with Crippen molar-refractivity contribution < 1.29 is 18.3 Å². The van der Waals surface area contributed by atoms with E-state index in [1.165, 1.54) is 16.2 Å². The van der Waals surface area contributed by atoms with Crippen LogP contribution in [0, 0.1) is 11.6 Å². The van der Waals surface area contributed by atoms with Crippen LogP contribution in [0.15, 0.2) is 24.3 Å². The minimum atomic E-state index is -0.909. The van der Waals surface area contributed by atoms with Gasteiger partial charge in [0, 0.05) is 15.8 Å². The molecule has 1 aromatic heterocycles. The maximum absolute atomic E-state index is 13.5. The van der Waals surface area contributed by atoms with Crippen molar-refractivity contribution in [2.75, 3.05) is 5.73 Å². The Morgan fingerprint density at radius 3 is 2.60 bits per heavy atom. The lowest BCUT2D eigenvalue weighted by Gasteiger charge is -2.06. The molecule has 6 heteroatoms. The van der Waals surface area contributed by atoms with E-state index in [0.29, 0.717) is 0 Å². The number of aryl methyl sites for hydroxylation is 1. The van der Waals surface area contributed by atoms with Crippen LogP contribution < -0.4 is 5.73 Å². The molecule has 2 rings (SSSR count). The molecule has 0 spiro atoms. The Morgan fingerprint density at radius 1 is 1.25 bits per heavy atom. The highest BCUT2D eigenvalue weighted by Gasteiger charge is 2.16. The zero-order valence-corrected chi connectivity index (χ0v) is 11.6. The molecule has 0 amide bonds. The average molecular weight is 297 g/mol. The number of carbonyl (C=O) groups is 1. The number of anilines is 1. The molecule has 3 nitrogen and oxygen atoms in total. The van der Waals surface area contributed by atoms with Crippen molar-refractivity contribution >= 4 is 23.0 Å². The van der Waals surface area contributed by atoms with E-state index in [1.807, 2.05) is 19.1 Å². The fourth-order valence-corrected chi connectivity index (χ4v) is 2.49. The van der Waals surface area contributed by atoms with E-state index in [0.717, 1.165) is 23.4 Å². The summed E-state index contributed by atoms with van der Waals surface area (Å²) < 4.78 is 31.7. The zero-order valence-electron chi connectivity index (χ0n) is 10.8. The molecule has 0 aliphatic rings.